The highest BCUT2D eigenvalue weighted by Crippen LogP contribution is 2.34. The molecule has 1 nitrogen and oxygen atoms in total. The average Bonchev–Trinajstić information content (AvgIpc) is 2.43. The number of aldehydes is 1. The largest absolute Gasteiger partial charge is 0.297 e. The van der Waals surface area contributed by atoms with Gasteiger partial charge in [-0.1, -0.05) is 12.2 Å². The van der Waals surface area contributed by atoms with Gasteiger partial charge >= 0.3 is 0 Å². The summed E-state index contributed by atoms with van der Waals surface area (Å²) in [4.78, 5) is 11.1. The van der Waals surface area contributed by atoms with Crippen LogP contribution in [0, 0.1) is 3.14 Å². The summed E-state index contributed by atoms with van der Waals surface area (Å²) in [5.41, 5.74) is 0. The fourth-order valence-corrected chi connectivity index (χ4v) is 4.92. The molecule has 2 heterocycles. The van der Waals surface area contributed by atoms with Crippen LogP contribution in [0.4, 0.5) is 0 Å². The van der Waals surface area contributed by atoms with E-state index in [4.69, 9.17) is 12.2 Å². The molecule has 2 rings (SSSR count). The van der Waals surface area contributed by atoms with Crippen molar-refractivity contribution in [2.45, 2.75) is 0 Å². The van der Waals surface area contributed by atoms with Crippen molar-refractivity contribution in [1.82, 2.24) is 0 Å². The predicted octanol–water partition coefficient (Wildman–Crippen LogP) is 3.57. The maximum absolute atomic E-state index is 10.4. The van der Waals surface area contributed by atoms with Crippen LogP contribution in [0.2, 0.25) is 0 Å². The summed E-state index contributed by atoms with van der Waals surface area (Å²) in [6.07, 6.45) is 0.882. The zero-order valence-corrected chi connectivity index (χ0v) is 8.46. The van der Waals surface area contributed by atoms with Gasteiger partial charge in [-0.05, 0) is 6.07 Å². The van der Waals surface area contributed by atoms with E-state index in [9.17, 15) is 4.79 Å². The minimum Gasteiger partial charge on any atom is -0.297 e. The monoisotopic (exact) mass is 218 g/mol. The summed E-state index contributed by atoms with van der Waals surface area (Å²) in [6.45, 7) is 0. The Hall–Kier alpha value is -0.100. The van der Waals surface area contributed by atoms with Crippen LogP contribution in [0.25, 0.3) is 8.71 Å². The first-order valence-corrected chi connectivity index (χ1v) is 5.64. The van der Waals surface area contributed by atoms with Crippen LogP contribution in [0.3, 0.4) is 0 Å². The molecule has 0 spiro atoms. The fraction of sp³-hybridized carbons (Fsp3) is 0. The predicted molar refractivity (Wildman–Crippen MR) is 53.8 cm³/mol. The lowest BCUT2D eigenvalue weighted by molar-refractivity contribution is 0.112. The molecule has 56 valence electrons. The van der Waals surface area contributed by atoms with Gasteiger partial charge in [-0.25, -0.2) is 0 Å². The van der Waals surface area contributed by atoms with Crippen LogP contribution in [-0.2, 0) is 0 Å². The third-order valence-corrected chi connectivity index (χ3v) is 5.06. The Morgan fingerprint density at radius 1 is 1.36 bits per heavy atom. The van der Waals surface area contributed by atoms with Crippen molar-refractivity contribution in [2.75, 3.05) is 0 Å². The van der Waals surface area contributed by atoms with Gasteiger partial charge in [-0.15, -0.1) is 34.0 Å². The van der Waals surface area contributed by atoms with Gasteiger partial charge in [0.25, 0.3) is 0 Å². The Labute approximate surface area is 79.9 Å². The van der Waals surface area contributed by atoms with E-state index in [1.807, 2.05) is 6.07 Å². The minimum atomic E-state index is 0.789. The molecule has 0 fully saturated rings. The normalized spacial score (nSPS) is 10.5. The van der Waals surface area contributed by atoms with E-state index in [0.29, 0.717) is 0 Å². The SMILES string of the molecule is O=Cc1cc2sc(=S)sc2s1. The van der Waals surface area contributed by atoms with Gasteiger partial charge < -0.3 is 0 Å². The van der Waals surface area contributed by atoms with Crippen LogP contribution < -0.4 is 0 Å². The van der Waals surface area contributed by atoms with Gasteiger partial charge in [-0.2, -0.15) is 0 Å². The van der Waals surface area contributed by atoms with E-state index < -0.39 is 0 Å². The highest BCUT2D eigenvalue weighted by Gasteiger charge is 2.02. The van der Waals surface area contributed by atoms with Crippen LogP contribution in [-0.4, -0.2) is 6.29 Å². The molecular formula is C6H2OS4. The molecule has 0 N–H and O–H groups in total. The molecule has 0 aromatic carbocycles. The van der Waals surface area contributed by atoms with Gasteiger partial charge in [0.05, 0.1) is 13.6 Å². The maximum Gasteiger partial charge on any atom is 0.160 e. The Morgan fingerprint density at radius 2 is 2.18 bits per heavy atom. The van der Waals surface area contributed by atoms with E-state index in [2.05, 4.69) is 0 Å². The minimum absolute atomic E-state index is 0.789. The summed E-state index contributed by atoms with van der Waals surface area (Å²) in [5.74, 6) is 0. The Morgan fingerprint density at radius 3 is 2.82 bits per heavy atom. The van der Waals surface area contributed by atoms with Crippen molar-refractivity contribution in [2.24, 2.45) is 0 Å². The smallest absolute Gasteiger partial charge is 0.160 e. The summed E-state index contributed by atoms with van der Waals surface area (Å²) < 4.78 is 3.25. The molecule has 0 radical (unpaired) electrons. The number of carbonyl (C=O) groups excluding carboxylic acids is 1. The average molecular weight is 218 g/mol. The molecule has 11 heavy (non-hydrogen) atoms. The van der Waals surface area contributed by atoms with Crippen molar-refractivity contribution in [3.63, 3.8) is 0 Å². The molecule has 0 saturated heterocycles. The molecule has 2 aromatic rings. The summed E-state index contributed by atoms with van der Waals surface area (Å²) >= 11 is 9.67. The first-order chi connectivity index (χ1) is 5.29. The van der Waals surface area contributed by atoms with Crippen molar-refractivity contribution < 1.29 is 4.79 Å². The van der Waals surface area contributed by atoms with Crippen molar-refractivity contribution in [3.8, 4) is 0 Å². The lowest BCUT2D eigenvalue weighted by Gasteiger charge is -1.69. The Balaban J connectivity index is 2.82. The number of hydrogen-bond donors (Lipinski definition) is 0. The lowest BCUT2D eigenvalue weighted by Crippen LogP contribution is -1.62. The van der Waals surface area contributed by atoms with E-state index in [1.54, 1.807) is 22.7 Å². The number of carbonyl (C=O) groups is 1. The van der Waals surface area contributed by atoms with Gasteiger partial charge in [0.1, 0.15) is 3.14 Å². The highest BCUT2D eigenvalue weighted by molar-refractivity contribution is 7.77. The number of thiophene rings is 1. The molecule has 0 aliphatic heterocycles. The van der Waals surface area contributed by atoms with Gasteiger partial charge in [0.15, 0.2) is 6.29 Å². The van der Waals surface area contributed by atoms with Crippen LogP contribution in [0.1, 0.15) is 9.67 Å². The van der Waals surface area contributed by atoms with Gasteiger partial charge in [0.2, 0.25) is 0 Å². The molecule has 0 atom stereocenters. The number of rotatable bonds is 1. The molecule has 0 amide bonds. The lowest BCUT2D eigenvalue weighted by atomic mass is 10.5. The maximum atomic E-state index is 10.4. The standard InChI is InChI=1S/C6H2OS4/c7-2-3-1-4-5(9-3)11-6(8)10-4/h1-2H. The Bertz CT molecular complexity index is 412. The van der Waals surface area contributed by atoms with Crippen molar-refractivity contribution >= 4 is 61.2 Å². The molecule has 0 aliphatic carbocycles. The Kier molecular flexibility index (Phi) is 1.88. The molecule has 5 heteroatoms. The zero-order chi connectivity index (χ0) is 7.84. The van der Waals surface area contributed by atoms with Crippen molar-refractivity contribution in [3.05, 3.63) is 14.1 Å². The molecule has 2 aromatic heterocycles. The molecular weight excluding hydrogens is 216 g/mol. The van der Waals surface area contributed by atoms with Gasteiger partial charge in [-0.3, -0.25) is 4.79 Å². The first-order valence-electron chi connectivity index (χ1n) is 2.78. The summed E-state index contributed by atoms with van der Waals surface area (Å²) in [7, 11) is 0. The third-order valence-electron chi connectivity index (χ3n) is 1.17. The highest BCUT2D eigenvalue weighted by atomic mass is 32.2. The van der Waals surface area contributed by atoms with Crippen LogP contribution >= 0.6 is 46.2 Å². The number of fused-ring (bicyclic) bond motifs is 1. The second-order valence-corrected chi connectivity index (χ2v) is 6.47. The summed E-state index contributed by atoms with van der Waals surface area (Å²) in [5, 5.41) is 0. The van der Waals surface area contributed by atoms with E-state index in [-0.39, 0.29) is 0 Å². The molecule has 0 saturated carbocycles. The molecule has 0 unspecified atom stereocenters. The number of hydrogen-bond acceptors (Lipinski definition) is 5. The second kappa shape index (κ2) is 2.75. The molecule has 0 aliphatic rings. The zero-order valence-electron chi connectivity index (χ0n) is 5.20. The van der Waals surface area contributed by atoms with E-state index in [0.717, 1.165) is 19.0 Å². The topological polar surface area (TPSA) is 17.1 Å². The third kappa shape index (κ3) is 1.29. The fourth-order valence-electron chi connectivity index (χ4n) is 0.762. The van der Waals surface area contributed by atoms with E-state index in [1.165, 1.54) is 15.4 Å². The van der Waals surface area contributed by atoms with Crippen LogP contribution in [0.15, 0.2) is 6.07 Å². The summed E-state index contributed by atoms with van der Waals surface area (Å²) in [6, 6.07) is 1.89. The second-order valence-electron chi connectivity index (χ2n) is 1.87. The quantitative estimate of drug-likeness (QED) is 0.537. The molecule has 0 bridgehead atoms. The van der Waals surface area contributed by atoms with E-state index >= 15 is 0 Å². The first kappa shape index (κ1) is 7.54. The van der Waals surface area contributed by atoms with Gasteiger partial charge in [0, 0.05) is 0 Å². The van der Waals surface area contributed by atoms with Crippen LogP contribution in [0.5, 0.6) is 0 Å². The van der Waals surface area contributed by atoms with Crippen molar-refractivity contribution in [1.29, 1.82) is 0 Å².